The van der Waals surface area contributed by atoms with Gasteiger partial charge in [0.2, 0.25) is 0 Å². The molecule has 0 radical (unpaired) electrons. The zero-order chi connectivity index (χ0) is 25.8. The highest BCUT2D eigenvalue weighted by Crippen LogP contribution is 2.34. The first-order chi connectivity index (χ1) is 16.5. The van der Waals surface area contributed by atoms with Crippen LogP contribution in [0.4, 0.5) is 19.0 Å². The number of nitrogens with zero attached hydrogens (tertiary/aromatic N) is 3. The molecule has 1 aliphatic rings. The molecule has 2 aromatic rings. The summed E-state index contributed by atoms with van der Waals surface area (Å²) in [5, 5.41) is 23.2. The maximum absolute atomic E-state index is 12.6. The van der Waals surface area contributed by atoms with Gasteiger partial charge in [-0.15, -0.1) is 0 Å². The van der Waals surface area contributed by atoms with E-state index >= 15 is 0 Å². The number of alkyl halides is 3. The summed E-state index contributed by atoms with van der Waals surface area (Å²) in [5.74, 6) is -2.63. The molecule has 194 valence electrons. The van der Waals surface area contributed by atoms with Gasteiger partial charge in [-0.25, -0.2) is 14.8 Å². The van der Waals surface area contributed by atoms with Gasteiger partial charge in [-0.05, 0) is 24.7 Å². The molecule has 1 fully saturated rings. The number of ether oxygens (including phenoxy) is 2. The van der Waals surface area contributed by atoms with E-state index in [2.05, 4.69) is 9.97 Å². The molecule has 1 unspecified atom stereocenters. The number of hydrogen-bond donors (Lipinski definition) is 4. The van der Waals surface area contributed by atoms with E-state index in [1.165, 1.54) is 22.7 Å². The van der Waals surface area contributed by atoms with Gasteiger partial charge in [0.05, 0.1) is 18.1 Å². The maximum Gasteiger partial charge on any atom is 0.471 e. The molecule has 5 N–H and O–H groups in total. The van der Waals surface area contributed by atoms with Gasteiger partial charge >= 0.3 is 18.1 Å². The fourth-order valence-electron chi connectivity index (χ4n) is 3.49. The molecule has 0 aliphatic carbocycles. The third-order valence-electron chi connectivity index (χ3n) is 5.28. The van der Waals surface area contributed by atoms with E-state index in [1.54, 1.807) is 24.5 Å². The predicted molar refractivity (Wildman–Crippen MR) is 119 cm³/mol. The van der Waals surface area contributed by atoms with Gasteiger partial charge in [-0.1, -0.05) is 6.92 Å². The van der Waals surface area contributed by atoms with Crippen LogP contribution >= 0.6 is 11.8 Å². The highest BCUT2D eigenvalue weighted by Gasteiger charge is 2.44. The third-order valence-corrected chi connectivity index (χ3v) is 6.37. The van der Waals surface area contributed by atoms with Crippen LogP contribution in [0.1, 0.15) is 26.0 Å². The van der Waals surface area contributed by atoms with E-state index in [-0.39, 0.29) is 30.4 Å². The van der Waals surface area contributed by atoms with Crippen molar-refractivity contribution in [2.45, 2.75) is 56.5 Å². The van der Waals surface area contributed by atoms with Gasteiger partial charge in [0, 0.05) is 11.9 Å². The molecule has 1 saturated heterocycles. The topological polar surface area (TPSA) is 162 Å². The smallest absolute Gasteiger partial charge is 0.464 e. The Morgan fingerprint density at radius 2 is 2.09 bits per heavy atom. The number of aromatic nitrogens is 3. The van der Waals surface area contributed by atoms with Crippen LogP contribution in [0.5, 0.6) is 0 Å². The van der Waals surface area contributed by atoms with Gasteiger partial charge in [0.15, 0.2) is 6.23 Å². The number of aliphatic hydroxyl groups is 2. The number of carbonyl (C=O) groups excluding carboxylic acids is 2. The summed E-state index contributed by atoms with van der Waals surface area (Å²) < 4.78 is 50.1. The largest absolute Gasteiger partial charge is 0.471 e. The Hall–Kier alpha value is -2.62. The number of nitrogen functional groups attached to an aromatic ring is 1. The molecule has 1 aliphatic heterocycles. The van der Waals surface area contributed by atoms with Crippen LogP contribution in [0.2, 0.25) is 0 Å². The monoisotopic (exact) mass is 521 g/mol. The van der Waals surface area contributed by atoms with Gasteiger partial charge in [0.25, 0.3) is 0 Å². The second-order valence-corrected chi connectivity index (χ2v) is 8.97. The summed E-state index contributed by atoms with van der Waals surface area (Å²) in [6.45, 7) is 1.73. The molecule has 3 rings (SSSR count). The average molecular weight is 522 g/mol. The van der Waals surface area contributed by atoms with Crippen molar-refractivity contribution in [3.63, 3.8) is 0 Å². The molecule has 1 amide bonds. The fourth-order valence-corrected chi connectivity index (χ4v) is 4.56. The van der Waals surface area contributed by atoms with Crippen LogP contribution < -0.4 is 11.1 Å². The number of anilines is 1. The Morgan fingerprint density at radius 1 is 1.34 bits per heavy atom. The summed E-state index contributed by atoms with van der Waals surface area (Å²) >= 11 is 1.17. The van der Waals surface area contributed by atoms with E-state index in [0.29, 0.717) is 17.5 Å². The molecule has 0 aromatic carbocycles. The summed E-state index contributed by atoms with van der Waals surface area (Å²) in [6.07, 6.45) is -6.24. The lowest BCUT2D eigenvalue weighted by Gasteiger charge is -2.19. The lowest BCUT2D eigenvalue weighted by molar-refractivity contribution is -0.176. The Balaban J connectivity index is 1.57. The fraction of sp³-hybridized carbons (Fsp3) is 0.600. The number of nitrogens with one attached hydrogen (secondary N) is 1. The molecule has 0 bridgehead atoms. The number of nitrogens with two attached hydrogens (primary N) is 1. The van der Waals surface area contributed by atoms with Crippen LogP contribution in [-0.4, -0.2) is 85.3 Å². The Kier molecular flexibility index (Phi) is 8.79. The van der Waals surface area contributed by atoms with Crippen molar-refractivity contribution < 1.29 is 42.4 Å². The molecule has 5 atom stereocenters. The molecular formula is C20H26F3N5O6S. The lowest BCUT2D eigenvalue weighted by atomic mass is 10.1. The summed E-state index contributed by atoms with van der Waals surface area (Å²) in [6, 6.07) is 0.176. The van der Waals surface area contributed by atoms with Crippen molar-refractivity contribution in [3.8, 4) is 0 Å². The first-order valence-corrected chi connectivity index (χ1v) is 11.9. The van der Waals surface area contributed by atoms with E-state index in [9.17, 15) is 33.0 Å². The Labute approximate surface area is 202 Å². The normalized spacial score (nSPS) is 23.4. The van der Waals surface area contributed by atoms with Crippen molar-refractivity contribution >= 4 is 40.5 Å². The van der Waals surface area contributed by atoms with Crippen molar-refractivity contribution in [1.82, 2.24) is 19.9 Å². The van der Waals surface area contributed by atoms with Gasteiger partial charge in [0.1, 0.15) is 36.0 Å². The van der Waals surface area contributed by atoms with E-state index < -0.39 is 48.6 Å². The van der Waals surface area contributed by atoms with Crippen molar-refractivity contribution in [3.05, 3.63) is 18.6 Å². The van der Waals surface area contributed by atoms with E-state index in [0.717, 1.165) is 0 Å². The standard InChI is InChI=1S/C20H26F3N5O6S/c1-2-6-33-18(31)11(27-19(32)20(21,22)23)4-7-35-8-12-13(29)14(30)17(34-12)28-5-3-10-15(24)25-9-26-16(10)28/h3,5,9,11-14,17,29-30H,2,4,6-8H2,1H3,(H,27,32)(H2,24,25,26)/t11?,12-,13-,14-,17-/m1/s1. The highest BCUT2D eigenvalue weighted by molar-refractivity contribution is 7.99. The molecule has 0 spiro atoms. The van der Waals surface area contributed by atoms with Gasteiger partial charge in [-0.2, -0.15) is 24.9 Å². The van der Waals surface area contributed by atoms with Crippen molar-refractivity contribution in [2.24, 2.45) is 0 Å². The lowest BCUT2D eigenvalue weighted by Crippen LogP contribution is -2.47. The van der Waals surface area contributed by atoms with Crippen LogP contribution in [0.15, 0.2) is 18.6 Å². The number of fused-ring (bicyclic) bond motifs is 1. The zero-order valence-corrected chi connectivity index (χ0v) is 19.5. The van der Waals surface area contributed by atoms with Crippen LogP contribution in [0, 0.1) is 0 Å². The summed E-state index contributed by atoms with van der Waals surface area (Å²) in [4.78, 5) is 31.4. The van der Waals surface area contributed by atoms with Gasteiger partial charge in [-0.3, -0.25) is 4.79 Å². The van der Waals surface area contributed by atoms with Crippen molar-refractivity contribution in [1.29, 1.82) is 0 Å². The maximum atomic E-state index is 12.6. The summed E-state index contributed by atoms with van der Waals surface area (Å²) in [7, 11) is 0. The molecule has 11 nitrogen and oxygen atoms in total. The zero-order valence-electron chi connectivity index (χ0n) is 18.6. The minimum Gasteiger partial charge on any atom is -0.464 e. The molecule has 3 heterocycles. The first kappa shape index (κ1) is 27.0. The SMILES string of the molecule is CCCOC(=O)C(CCSC[C@H]1O[C@@H](n2ccc3c(N)ncnc32)[C@H](O)[C@@H]1O)NC(=O)C(F)(F)F. The minimum absolute atomic E-state index is 0.0103. The summed E-state index contributed by atoms with van der Waals surface area (Å²) in [5.41, 5.74) is 6.24. The molecule has 2 aromatic heterocycles. The first-order valence-electron chi connectivity index (χ1n) is 10.7. The Morgan fingerprint density at radius 3 is 2.77 bits per heavy atom. The number of amides is 1. The second kappa shape index (κ2) is 11.4. The van der Waals surface area contributed by atoms with Gasteiger partial charge < -0.3 is 35.3 Å². The van der Waals surface area contributed by atoms with Crippen molar-refractivity contribution in [2.75, 3.05) is 23.8 Å². The van der Waals surface area contributed by atoms with E-state index in [4.69, 9.17) is 15.2 Å². The quantitative estimate of drug-likeness (QED) is 0.259. The van der Waals surface area contributed by atoms with Crippen LogP contribution in [-0.2, 0) is 19.1 Å². The molecule has 15 heteroatoms. The number of hydrogen-bond acceptors (Lipinski definition) is 10. The van der Waals surface area contributed by atoms with Crippen LogP contribution in [0.3, 0.4) is 0 Å². The van der Waals surface area contributed by atoms with E-state index in [1.807, 2.05) is 0 Å². The Bertz CT molecular complexity index is 1040. The number of aliphatic hydroxyl groups excluding tert-OH is 2. The number of thioether (sulfide) groups is 1. The number of halogens is 3. The average Bonchev–Trinajstić information content (AvgIpc) is 3.35. The third kappa shape index (κ3) is 6.34. The predicted octanol–water partition coefficient (Wildman–Crippen LogP) is 0.756. The molecule has 0 saturated carbocycles. The minimum atomic E-state index is -5.14. The highest BCUT2D eigenvalue weighted by atomic mass is 32.2. The second-order valence-electron chi connectivity index (χ2n) is 7.82. The molecular weight excluding hydrogens is 495 g/mol. The number of carbonyl (C=O) groups is 2. The number of rotatable bonds is 10. The number of esters is 1. The molecule has 35 heavy (non-hydrogen) atoms. The van der Waals surface area contributed by atoms with Crippen LogP contribution in [0.25, 0.3) is 11.0 Å².